The van der Waals surface area contributed by atoms with Crippen LogP contribution in [0.15, 0.2) is 9.98 Å². The molecular weight excluding hydrogens is 196 g/mol. The first-order chi connectivity index (χ1) is 7.93. The van der Waals surface area contributed by atoms with Crippen LogP contribution < -0.4 is 0 Å². The second kappa shape index (κ2) is 9.56. The molecule has 1 saturated carbocycles. The Labute approximate surface area is 100 Å². The molecule has 0 bridgehead atoms. The van der Waals surface area contributed by atoms with E-state index in [1.54, 1.807) is 0 Å². The van der Waals surface area contributed by atoms with E-state index < -0.39 is 0 Å². The summed E-state index contributed by atoms with van der Waals surface area (Å²) in [4.78, 5) is 8.69. The highest BCUT2D eigenvalue weighted by molar-refractivity contribution is 5.60. The van der Waals surface area contributed by atoms with E-state index in [1.165, 1.54) is 51.4 Å². The second-order valence-corrected chi connectivity index (χ2v) is 4.70. The van der Waals surface area contributed by atoms with Crippen LogP contribution in [0.2, 0.25) is 0 Å². The molecule has 1 rings (SSSR count). The minimum atomic E-state index is 0.625. The van der Waals surface area contributed by atoms with Crippen LogP contribution in [0.25, 0.3) is 0 Å². The van der Waals surface area contributed by atoms with Crippen LogP contribution in [0.5, 0.6) is 0 Å². The van der Waals surface area contributed by atoms with E-state index in [4.69, 9.17) is 4.99 Å². The second-order valence-electron chi connectivity index (χ2n) is 4.70. The molecule has 0 aliphatic heterocycles. The fourth-order valence-electron chi connectivity index (χ4n) is 2.24. The van der Waals surface area contributed by atoms with Crippen LogP contribution in [0.4, 0.5) is 0 Å². The molecule has 1 aliphatic rings. The van der Waals surface area contributed by atoms with Crippen molar-refractivity contribution in [1.82, 2.24) is 0 Å². The van der Waals surface area contributed by atoms with Gasteiger partial charge in [-0.15, -0.1) is 0 Å². The molecule has 0 radical (unpaired) electrons. The number of hydrogen-bond donors (Lipinski definition) is 0. The van der Waals surface area contributed by atoms with E-state index in [0.29, 0.717) is 6.04 Å². The number of hydrogen-bond acceptors (Lipinski definition) is 2. The third-order valence-corrected chi connectivity index (χ3v) is 3.24. The van der Waals surface area contributed by atoms with Crippen LogP contribution in [0.3, 0.4) is 0 Å². The lowest BCUT2D eigenvalue weighted by Crippen LogP contribution is -2.07. The van der Waals surface area contributed by atoms with Crippen molar-refractivity contribution in [2.75, 3.05) is 7.05 Å². The monoisotopic (exact) mass is 222 g/mol. The van der Waals surface area contributed by atoms with Crippen LogP contribution in [0.1, 0.15) is 64.2 Å². The van der Waals surface area contributed by atoms with Gasteiger partial charge in [0.1, 0.15) is 0 Å². The SMILES string of the molecule is C/N=C/CCC/C=N/C1CCCCCCC1. The van der Waals surface area contributed by atoms with Gasteiger partial charge in [-0.1, -0.05) is 32.1 Å². The number of unbranched alkanes of at least 4 members (excludes halogenated alkanes) is 2. The van der Waals surface area contributed by atoms with E-state index in [-0.39, 0.29) is 0 Å². The van der Waals surface area contributed by atoms with Gasteiger partial charge in [-0.25, -0.2) is 0 Å². The standard InChI is InChI=1S/C14H26N2/c1-15-12-8-5-9-13-16-14-10-6-3-2-4-7-11-14/h12-14H,2-11H2,1H3/b15-12+,16-13+. The lowest BCUT2D eigenvalue weighted by molar-refractivity contribution is 0.455. The molecule has 1 aliphatic carbocycles. The Balaban J connectivity index is 2.10. The van der Waals surface area contributed by atoms with Crippen molar-refractivity contribution in [2.45, 2.75) is 70.3 Å². The van der Waals surface area contributed by atoms with Gasteiger partial charge in [-0.05, 0) is 44.5 Å². The Morgan fingerprint density at radius 2 is 1.56 bits per heavy atom. The minimum Gasteiger partial charge on any atom is -0.301 e. The van der Waals surface area contributed by atoms with Crippen LogP contribution in [-0.2, 0) is 0 Å². The molecular formula is C14H26N2. The largest absolute Gasteiger partial charge is 0.301 e. The summed E-state index contributed by atoms with van der Waals surface area (Å²) >= 11 is 0. The van der Waals surface area contributed by atoms with Crippen molar-refractivity contribution in [3.05, 3.63) is 0 Å². The molecule has 0 saturated heterocycles. The quantitative estimate of drug-likeness (QED) is 0.495. The van der Waals surface area contributed by atoms with Gasteiger partial charge in [-0.3, -0.25) is 4.99 Å². The Bertz CT molecular complexity index is 201. The van der Waals surface area contributed by atoms with Gasteiger partial charge in [0.2, 0.25) is 0 Å². The zero-order valence-corrected chi connectivity index (χ0v) is 10.7. The normalized spacial score (nSPS) is 20.3. The van der Waals surface area contributed by atoms with E-state index in [0.717, 1.165) is 12.8 Å². The Morgan fingerprint density at radius 3 is 2.25 bits per heavy atom. The highest BCUT2D eigenvalue weighted by Gasteiger charge is 2.08. The topological polar surface area (TPSA) is 24.7 Å². The van der Waals surface area contributed by atoms with Crippen molar-refractivity contribution in [2.24, 2.45) is 9.98 Å². The molecule has 1 fully saturated rings. The average molecular weight is 222 g/mol. The maximum atomic E-state index is 4.71. The van der Waals surface area contributed by atoms with Gasteiger partial charge in [0.15, 0.2) is 0 Å². The molecule has 0 aromatic rings. The maximum Gasteiger partial charge on any atom is 0.0495 e. The third-order valence-electron chi connectivity index (χ3n) is 3.24. The van der Waals surface area contributed by atoms with Crippen LogP contribution >= 0.6 is 0 Å². The summed E-state index contributed by atoms with van der Waals surface area (Å²) in [5.41, 5.74) is 0. The molecule has 0 aromatic heterocycles. The molecule has 2 heteroatoms. The summed E-state index contributed by atoms with van der Waals surface area (Å²) in [5, 5.41) is 0. The first-order valence-corrected chi connectivity index (χ1v) is 6.85. The highest BCUT2D eigenvalue weighted by atomic mass is 14.8. The first-order valence-electron chi connectivity index (χ1n) is 6.85. The Kier molecular flexibility index (Phi) is 8.01. The molecule has 2 nitrogen and oxygen atoms in total. The summed E-state index contributed by atoms with van der Waals surface area (Å²) < 4.78 is 0. The van der Waals surface area contributed by atoms with Gasteiger partial charge < -0.3 is 4.99 Å². The minimum absolute atomic E-state index is 0.625. The van der Waals surface area contributed by atoms with Gasteiger partial charge >= 0.3 is 0 Å². The van der Waals surface area contributed by atoms with E-state index in [9.17, 15) is 0 Å². The zero-order chi connectivity index (χ0) is 11.5. The van der Waals surface area contributed by atoms with Gasteiger partial charge in [0.05, 0.1) is 0 Å². The van der Waals surface area contributed by atoms with Crippen LogP contribution in [-0.4, -0.2) is 25.5 Å². The molecule has 92 valence electrons. The van der Waals surface area contributed by atoms with Crippen molar-refractivity contribution in [3.8, 4) is 0 Å². The number of nitrogens with zero attached hydrogens (tertiary/aromatic N) is 2. The van der Waals surface area contributed by atoms with E-state index in [1.807, 2.05) is 13.3 Å². The lowest BCUT2D eigenvalue weighted by atomic mass is 9.97. The molecule has 0 atom stereocenters. The maximum absolute atomic E-state index is 4.71. The summed E-state index contributed by atoms with van der Waals surface area (Å²) in [5.74, 6) is 0. The number of aliphatic imine (C=N–C) groups is 2. The van der Waals surface area contributed by atoms with Crippen molar-refractivity contribution >= 4 is 12.4 Å². The molecule has 0 amide bonds. The lowest BCUT2D eigenvalue weighted by Gasteiger charge is -2.15. The predicted molar refractivity (Wildman–Crippen MR) is 72.9 cm³/mol. The van der Waals surface area contributed by atoms with Crippen molar-refractivity contribution in [1.29, 1.82) is 0 Å². The van der Waals surface area contributed by atoms with E-state index >= 15 is 0 Å². The summed E-state index contributed by atoms with van der Waals surface area (Å²) in [6, 6.07) is 0.625. The predicted octanol–water partition coefficient (Wildman–Crippen LogP) is 4.04. The fourth-order valence-corrected chi connectivity index (χ4v) is 2.24. The number of rotatable bonds is 5. The van der Waals surface area contributed by atoms with Crippen LogP contribution in [0, 0.1) is 0 Å². The van der Waals surface area contributed by atoms with E-state index in [2.05, 4.69) is 11.2 Å². The Morgan fingerprint density at radius 1 is 0.938 bits per heavy atom. The molecule has 0 aromatic carbocycles. The third kappa shape index (κ3) is 6.76. The average Bonchev–Trinajstić information content (AvgIpc) is 2.25. The van der Waals surface area contributed by atoms with Crippen molar-refractivity contribution < 1.29 is 0 Å². The molecule has 0 N–H and O–H groups in total. The molecule has 0 spiro atoms. The summed E-state index contributed by atoms with van der Waals surface area (Å²) in [6.07, 6.45) is 17.2. The Hall–Kier alpha value is -0.660. The zero-order valence-electron chi connectivity index (χ0n) is 10.7. The fraction of sp³-hybridized carbons (Fsp3) is 0.857. The molecule has 0 heterocycles. The highest BCUT2D eigenvalue weighted by Crippen LogP contribution is 2.19. The molecule has 0 unspecified atom stereocenters. The van der Waals surface area contributed by atoms with Gasteiger partial charge in [-0.2, -0.15) is 0 Å². The van der Waals surface area contributed by atoms with Crippen molar-refractivity contribution in [3.63, 3.8) is 0 Å². The van der Waals surface area contributed by atoms with Gasteiger partial charge in [0.25, 0.3) is 0 Å². The first kappa shape index (κ1) is 13.4. The molecule has 16 heavy (non-hydrogen) atoms. The summed E-state index contributed by atoms with van der Waals surface area (Å²) in [6.45, 7) is 0. The summed E-state index contributed by atoms with van der Waals surface area (Å²) in [7, 11) is 1.84. The smallest absolute Gasteiger partial charge is 0.0495 e. The van der Waals surface area contributed by atoms with Gasteiger partial charge in [0, 0.05) is 13.1 Å².